The first-order chi connectivity index (χ1) is 13.1. The van der Waals surface area contributed by atoms with Crippen LogP contribution in [0.2, 0.25) is 0 Å². The Balaban J connectivity index is 1.65. The Morgan fingerprint density at radius 1 is 1.19 bits per heavy atom. The second kappa shape index (κ2) is 7.23. The van der Waals surface area contributed by atoms with Crippen molar-refractivity contribution >= 4 is 23.3 Å². The molecule has 1 aliphatic rings. The molecule has 1 fully saturated rings. The van der Waals surface area contributed by atoms with E-state index < -0.39 is 4.92 Å². The quantitative estimate of drug-likeness (QED) is 0.291. The van der Waals surface area contributed by atoms with E-state index in [0.29, 0.717) is 22.8 Å². The Kier molecular flexibility index (Phi) is 4.63. The van der Waals surface area contributed by atoms with Crippen LogP contribution in [0, 0.1) is 15.3 Å². The number of benzene rings is 1. The third-order valence-electron chi connectivity index (χ3n) is 4.22. The molecular formula is C17H15N5O4S. The topological polar surface area (TPSA) is 112 Å². The number of non-ortho nitro benzene ring substituents is 1. The van der Waals surface area contributed by atoms with Gasteiger partial charge in [-0.3, -0.25) is 15.0 Å². The van der Waals surface area contributed by atoms with Gasteiger partial charge in [-0.05, 0) is 12.1 Å². The minimum Gasteiger partial charge on any atom is -0.711 e. The zero-order valence-electron chi connectivity index (χ0n) is 14.1. The fourth-order valence-electron chi connectivity index (χ4n) is 2.85. The van der Waals surface area contributed by atoms with Gasteiger partial charge in [0.25, 0.3) is 17.4 Å². The summed E-state index contributed by atoms with van der Waals surface area (Å²) in [6, 6.07) is 9.37. The molecule has 3 heterocycles. The molecule has 0 amide bonds. The van der Waals surface area contributed by atoms with E-state index in [-0.39, 0.29) is 11.6 Å². The molecule has 138 valence electrons. The van der Waals surface area contributed by atoms with Gasteiger partial charge in [-0.25, -0.2) is 4.73 Å². The number of hydrogen-bond acceptors (Lipinski definition) is 8. The maximum absolute atomic E-state index is 12.2. The molecule has 0 N–H and O–H groups in total. The normalized spacial score (nSPS) is 14.3. The standard InChI is InChI=1S/C17H15N5O4S/c23-21-5-4-12(11-15(21)20-6-8-27-9-7-20)16-18-17(26-19-16)13-2-1-3-14(10-13)22(24)25/h1-5,10-11H,6-9H2. The maximum atomic E-state index is 12.2. The number of anilines is 1. The van der Waals surface area contributed by atoms with Crippen molar-refractivity contribution in [2.75, 3.05) is 29.5 Å². The molecule has 1 saturated heterocycles. The van der Waals surface area contributed by atoms with Crippen LogP contribution in [0.25, 0.3) is 22.8 Å². The molecule has 0 saturated carbocycles. The van der Waals surface area contributed by atoms with Gasteiger partial charge in [-0.2, -0.15) is 16.7 Å². The fourth-order valence-corrected chi connectivity index (χ4v) is 3.75. The van der Waals surface area contributed by atoms with Crippen LogP contribution in [0.5, 0.6) is 0 Å². The summed E-state index contributed by atoms with van der Waals surface area (Å²) in [5.74, 6) is 3.01. The lowest BCUT2D eigenvalue weighted by molar-refractivity contribution is -0.592. The van der Waals surface area contributed by atoms with E-state index in [0.717, 1.165) is 29.3 Å². The van der Waals surface area contributed by atoms with E-state index in [2.05, 4.69) is 10.1 Å². The average molecular weight is 385 g/mol. The van der Waals surface area contributed by atoms with Crippen molar-refractivity contribution < 1.29 is 14.2 Å². The molecule has 2 aromatic heterocycles. The summed E-state index contributed by atoms with van der Waals surface area (Å²) in [5.41, 5.74) is 1.06. The van der Waals surface area contributed by atoms with Gasteiger partial charge in [0.15, 0.2) is 0 Å². The number of nitrogens with zero attached hydrogens (tertiary/aromatic N) is 5. The first kappa shape index (κ1) is 17.3. The molecular weight excluding hydrogens is 370 g/mol. The fraction of sp³-hybridized carbons (Fsp3) is 0.235. The second-order valence-corrected chi connectivity index (χ2v) is 7.15. The van der Waals surface area contributed by atoms with Crippen molar-refractivity contribution in [3.8, 4) is 22.8 Å². The summed E-state index contributed by atoms with van der Waals surface area (Å²) in [6.07, 6.45) is 1.43. The third kappa shape index (κ3) is 3.56. The molecule has 0 spiro atoms. The minimum atomic E-state index is -0.478. The highest BCUT2D eigenvalue weighted by Crippen LogP contribution is 2.26. The van der Waals surface area contributed by atoms with Crippen molar-refractivity contribution in [3.63, 3.8) is 0 Å². The largest absolute Gasteiger partial charge is 0.711 e. The summed E-state index contributed by atoms with van der Waals surface area (Å²) in [7, 11) is 0. The predicted octanol–water partition coefficient (Wildman–Crippen LogP) is 2.50. The number of nitro benzene ring substituents is 1. The molecule has 0 radical (unpaired) electrons. The van der Waals surface area contributed by atoms with Crippen LogP contribution >= 0.6 is 11.8 Å². The summed E-state index contributed by atoms with van der Waals surface area (Å²) in [6.45, 7) is 1.61. The van der Waals surface area contributed by atoms with E-state index in [1.165, 1.54) is 18.3 Å². The maximum Gasteiger partial charge on any atom is 0.280 e. The van der Waals surface area contributed by atoms with Gasteiger partial charge in [0.2, 0.25) is 5.82 Å². The second-order valence-electron chi connectivity index (χ2n) is 5.93. The van der Waals surface area contributed by atoms with E-state index in [1.807, 2.05) is 16.7 Å². The Bertz CT molecular complexity index is 987. The molecule has 4 rings (SSSR count). The van der Waals surface area contributed by atoms with Crippen LogP contribution in [-0.2, 0) is 0 Å². The zero-order chi connectivity index (χ0) is 18.8. The highest BCUT2D eigenvalue weighted by molar-refractivity contribution is 7.99. The summed E-state index contributed by atoms with van der Waals surface area (Å²) < 4.78 is 6.10. The van der Waals surface area contributed by atoms with E-state index in [9.17, 15) is 15.3 Å². The lowest BCUT2D eigenvalue weighted by Gasteiger charge is -2.24. The first-order valence-electron chi connectivity index (χ1n) is 8.26. The lowest BCUT2D eigenvalue weighted by Crippen LogP contribution is -2.42. The van der Waals surface area contributed by atoms with Gasteiger partial charge in [0.05, 0.1) is 24.2 Å². The third-order valence-corrected chi connectivity index (χ3v) is 5.17. The molecule has 0 unspecified atom stereocenters. The van der Waals surface area contributed by atoms with Crippen molar-refractivity contribution in [1.29, 1.82) is 0 Å². The number of thioether (sulfide) groups is 1. The van der Waals surface area contributed by atoms with Gasteiger partial charge >= 0.3 is 0 Å². The van der Waals surface area contributed by atoms with E-state index in [4.69, 9.17) is 4.52 Å². The Labute approximate surface area is 158 Å². The van der Waals surface area contributed by atoms with Gasteiger partial charge < -0.3 is 9.73 Å². The van der Waals surface area contributed by atoms with Gasteiger partial charge in [-0.15, -0.1) is 0 Å². The highest BCUT2D eigenvalue weighted by atomic mass is 32.2. The molecule has 0 bridgehead atoms. The van der Waals surface area contributed by atoms with E-state index >= 15 is 0 Å². The summed E-state index contributed by atoms with van der Waals surface area (Å²) in [4.78, 5) is 16.8. The molecule has 9 nitrogen and oxygen atoms in total. The molecule has 3 aromatic rings. The number of nitro groups is 1. The molecule has 27 heavy (non-hydrogen) atoms. The molecule has 0 aliphatic carbocycles. The first-order valence-corrected chi connectivity index (χ1v) is 9.42. The molecule has 1 aliphatic heterocycles. The molecule has 0 atom stereocenters. The van der Waals surface area contributed by atoms with Gasteiger partial charge in [-0.1, -0.05) is 11.2 Å². The van der Waals surface area contributed by atoms with Crippen LogP contribution in [-0.4, -0.2) is 39.7 Å². The van der Waals surface area contributed by atoms with Crippen molar-refractivity contribution in [1.82, 2.24) is 10.1 Å². The number of hydrogen-bond donors (Lipinski definition) is 0. The smallest absolute Gasteiger partial charge is 0.280 e. The zero-order valence-corrected chi connectivity index (χ0v) is 15.0. The monoisotopic (exact) mass is 385 g/mol. The van der Waals surface area contributed by atoms with Crippen LogP contribution in [0.1, 0.15) is 0 Å². The Hall–Kier alpha value is -3.14. The lowest BCUT2D eigenvalue weighted by atomic mass is 10.2. The summed E-state index contributed by atoms with van der Waals surface area (Å²) in [5, 5.41) is 27.1. The SMILES string of the molecule is O=[N+]([O-])c1cccc(-c2nc(-c3cc[n+]([O-])c(N4CCSCC4)c3)no2)c1. The minimum absolute atomic E-state index is 0.0513. The van der Waals surface area contributed by atoms with Crippen molar-refractivity contribution in [2.24, 2.45) is 0 Å². The Morgan fingerprint density at radius 3 is 2.78 bits per heavy atom. The van der Waals surface area contributed by atoms with Crippen LogP contribution in [0.4, 0.5) is 11.5 Å². The average Bonchev–Trinajstić information content (AvgIpc) is 3.19. The van der Waals surface area contributed by atoms with Crippen molar-refractivity contribution in [3.05, 3.63) is 57.9 Å². The molecule has 10 heteroatoms. The van der Waals surface area contributed by atoms with Crippen LogP contribution in [0.15, 0.2) is 47.1 Å². The number of rotatable bonds is 4. The van der Waals surface area contributed by atoms with Gasteiger partial charge in [0.1, 0.15) is 0 Å². The number of pyridine rings is 1. The Morgan fingerprint density at radius 2 is 2.00 bits per heavy atom. The van der Waals surface area contributed by atoms with E-state index in [1.54, 1.807) is 24.3 Å². The van der Waals surface area contributed by atoms with Crippen LogP contribution < -0.4 is 9.63 Å². The van der Waals surface area contributed by atoms with Crippen molar-refractivity contribution in [2.45, 2.75) is 0 Å². The van der Waals surface area contributed by atoms with Crippen LogP contribution in [0.3, 0.4) is 0 Å². The highest BCUT2D eigenvalue weighted by Gasteiger charge is 2.22. The predicted molar refractivity (Wildman–Crippen MR) is 100 cm³/mol. The summed E-state index contributed by atoms with van der Waals surface area (Å²) >= 11 is 1.86. The molecule has 1 aromatic carbocycles. The van der Waals surface area contributed by atoms with Gasteiger partial charge in [0, 0.05) is 40.8 Å². The number of aromatic nitrogens is 3.